The van der Waals surface area contributed by atoms with Crippen LogP contribution in [0.5, 0.6) is 5.75 Å². The number of methoxy groups -OCH3 is 1. The highest BCUT2D eigenvalue weighted by Gasteiger charge is 2.26. The molecule has 0 aliphatic carbocycles. The molecule has 0 radical (unpaired) electrons. The lowest BCUT2D eigenvalue weighted by molar-refractivity contribution is -0.140. The summed E-state index contributed by atoms with van der Waals surface area (Å²) in [6, 6.07) is 15.6. The fourth-order valence-electron chi connectivity index (χ4n) is 3.48. The first kappa shape index (κ1) is 25.4. The van der Waals surface area contributed by atoms with Crippen LogP contribution in [0, 0.1) is 0 Å². The molecular weight excluding hydrogens is 400 g/mol. The van der Waals surface area contributed by atoms with Crippen molar-refractivity contribution < 1.29 is 14.3 Å². The zero-order chi connectivity index (χ0) is 23.7. The smallest absolute Gasteiger partial charge is 0.242 e. The van der Waals surface area contributed by atoms with Crippen molar-refractivity contribution in [1.29, 1.82) is 0 Å². The van der Waals surface area contributed by atoms with E-state index in [1.165, 1.54) is 5.56 Å². The standard InChI is InChI=1S/C27H38N2O3/c1-7-20(4)28-27(31)21(5)29(18-23-9-8-10-25(17-23)32-6)26(30)16-13-22-11-14-24(15-12-22)19(2)3/h8-12,14-15,17,19-21H,7,13,16,18H2,1-6H3,(H,28,31)/t20-,21-/m1/s1. The summed E-state index contributed by atoms with van der Waals surface area (Å²) in [4.78, 5) is 27.8. The molecule has 0 bridgehead atoms. The van der Waals surface area contributed by atoms with Gasteiger partial charge in [0.2, 0.25) is 11.8 Å². The van der Waals surface area contributed by atoms with E-state index in [4.69, 9.17) is 4.74 Å². The van der Waals surface area contributed by atoms with E-state index in [2.05, 4.69) is 43.4 Å². The monoisotopic (exact) mass is 438 g/mol. The topological polar surface area (TPSA) is 58.6 Å². The molecule has 5 heteroatoms. The van der Waals surface area contributed by atoms with Crippen LogP contribution in [0.25, 0.3) is 0 Å². The third-order valence-electron chi connectivity index (χ3n) is 5.93. The van der Waals surface area contributed by atoms with Gasteiger partial charge in [0.05, 0.1) is 7.11 Å². The summed E-state index contributed by atoms with van der Waals surface area (Å²) < 4.78 is 5.32. The van der Waals surface area contributed by atoms with Crippen molar-refractivity contribution in [3.63, 3.8) is 0 Å². The van der Waals surface area contributed by atoms with Gasteiger partial charge >= 0.3 is 0 Å². The maximum atomic E-state index is 13.3. The fraction of sp³-hybridized carbons (Fsp3) is 0.481. The first-order valence-corrected chi connectivity index (χ1v) is 11.6. The van der Waals surface area contributed by atoms with Crippen molar-refractivity contribution in [2.24, 2.45) is 0 Å². The van der Waals surface area contributed by atoms with E-state index in [1.54, 1.807) is 18.9 Å². The largest absolute Gasteiger partial charge is 0.497 e. The second-order valence-corrected chi connectivity index (χ2v) is 8.76. The lowest BCUT2D eigenvalue weighted by atomic mass is 10.00. The van der Waals surface area contributed by atoms with Gasteiger partial charge in [-0.1, -0.05) is 57.2 Å². The predicted octanol–water partition coefficient (Wildman–Crippen LogP) is 5.08. The summed E-state index contributed by atoms with van der Waals surface area (Å²) in [5.41, 5.74) is 3.35. The van der Waals surface area contributed by atoms with E-state index < -0.39 is 6.04 Å². The number of hydrogen-bond donors (Lipinski definition) is 1. The van der Waals surface area contributed by atoms with E-state index in [0.29, 0.717) is 25.3 Å². The summed E-state index contributed by atoms with van der Waals surface area (Å²) >= 11 is 0. The lowest BCUT2D eigenvalue weighted by Gasteiger charge is -2.30. The molecule has 0 heterocycles. The third kappa shape index (κ3) is 7.40. The first-order valence-electron chi connectivity index (χ1n) is 11.6. The second kappa shape index (κ2) is 12.3. The molecule has 0 saturated carbocycles. The minimum Gasteiger partial charge on any atom is -0.497 e. The Labute approximate surface area is 193 Å². The van der Waals surface area contributed by atoms with Gasteiger partial charge in [-0.05, 0) is 61.4 Å². The summed E-state index contributed by atoms with van der Waals surface area (Å²) in [5.74, 6) is 1.05. The Balaban J connectivity index is 2.15. The van der Waals surface area contributed by atoms with Gasteiger partial charge in [0, 0.05) is 19.0 Å². The first-order chi connectivity index (χ1) is 15.2. The molecule has 5 nitrogen and oxygen atoms in total. The van der Waals surface area contributed by atoms with Crippen molar-refractivity contribution in [2.45, 2.75) is 78.4 Å². The van der Waals surface area contributed by atoms with Crippen molar-refractivity contribution in [1.82, 2.24) is 10.2 Å². The van der Waals surface area contributed by atoms with Gasteiger partial charge in [0.15, 0.2) is 0 Å². The molecule has 2 aromatic carbocycles. The molecule has 1 N–H and O–H groups in total. The highest BCUT2D eigenvalue weighted by Crippen LogP contribution is 2.19. The SMILES string of the molecule is CC[C@@H](C)NC(=O)[C@@H](C)N(Cc1cccc(OC)c1)C(=O)CCc1ccc(C(C)C)cc1. The van der Waals surface area contributed by atoms with Gasteiger partial charge in [-0.15, -0.1) is 0 Å². The number of ether oxygens (including phenoxy) is 1. The van der Waals surface area contributed by atoms with Crippen LogP contribution < -0.4 is 10.1 Å². The Morgan fingerprint density at radius 1 is 1.00 bits per heavy atom. The Morgan fingerprint density at radius 2 is 1.69 bits per heavy atom. The van der Waals surface area contributed by atoms with Crippen LogP contribution in [0.4, 0.5) is 0 Å². The average molecular weight is 439 g/mol. The van der Waals surface area contributed by atoms with Crippen molar-refractivity contribution >= 4 is 11.8 Å². The summed E-state index contributed by atoms with van der Waals surface area (Å²) in [7, 11) is 1.62. The molecule has 2 aromatic rings. The Morgan fingerprint density at radius 3 is 2.28 bits per heavy atom. The molecule has 2 atom stereocenters. The van der Waals surface area contributed by atoms with E-state index in [-0.39, 0.29) is 17.9 Å². The van der Waals surface area contributed by atoms with Gasteiger partial charge in [-0.3, -0.25) is 9.59 Å². The molecule has 0 aliphatic heterocycles. The quantitative estimate of drug-likeness (QED) is 0.532. The van der Waals surface area contributed by atoms with E-state index in [9.17, 15) is 9.59 Å². The minimum atomic E-state index is -0.564. The molecule has 2 amide bonds. The van der Waals surface area contributed by atoms with E-state index >= 15 is 0 Å². The molecule has 0 saturated heterocycles. The summed E-state index contributed by atoms with van der Waals surface area (Å²) in [6.45, 7) is 10.5. The number of hydrogen-bond acceptors (Lipinski definition) is 3. The number of amides is 2. The fourth-order valence-corrected chi connectivity index (χ4v) is 3.48. The van der Waals surface area contributed by atoms with Crippen molar-refractivity contribution in [2.75, 3.05) is 7.11 Å². The van der Waals surface area contributed by atoms with Crippen LogP contribution in [-0.4, -0.2) is 35.9 Å². The summed E-state index contributed by atoms with van der Waals surface area (Å²) in [6.07, 6.45) is 1.84. The number of nitrogens with zero attached hydrogens (tertiary/aromatic N) is 1. The van der Waals surface area contributed by atoms with Crippen molar-refractivity contribution in [3.05, 3.63) is 65.2 Å². The molecule has 174 valence electrons. The van der Waals surface area contributed by atoms with Crippen molar-refractivity contribution in [3.8, 4) is 5.75 Å². The average Bonchev–Trinajstić information content (AvgIpc) is 2.80. The predicted molar refractivity (Wildman–Crippen MR) is 130 cm³/mol. The Hall–Kier alpha value is -2.82. The van der Waals surface area contributed by atoms with Gasteiger partial charge < -0.3 is 15.0 Å². The summed E-state index contributed by atoms with van der Waals surface area (Å²) in [5, 5.41) is 3.01. The van der Waals surface area contributed by atoms with E-state index in [1.807, 2.05) is 38.1 Å². The lowest BCUT2D eigenvalue weighted by Crippen LogP contribution is -2.49. The molecule has 0 unspecified atom stereocenters. The maximum Gasteiger partial charge on any atom is 0.242 e. The number of rotatable bonds is 11. The molecule has 0 aliphatic rings. The van der Waals surface area contributed by atoms with Crippen LogP contribution in [-0.2, 0) is 22.6 Å². The van der Waals surface area contributed by atoms with Gasteiger partial charge in [-0.2, -0.15) is 0 Å². The molecule has 0 aromatic heterocycles. The third-order valence-corrected chi connectivity index (χ3v) is 5.93. The molecule has 2 rings (SSSR count). The number of carbonyl (C=O) groups is 2. The van der Waals surface area contributed by atoms with Crippen LogP contribution in [0.1, 0.15) is 70.1 Å². The highest BCUT2D eigenvalue weighted by molar-refractivity contribution is 5.87. The molecule has 32 heavy (non-hydrogen) atoms. The normalized spacial score (nSPS) is 12.8. The second-order valence-electron chi connectivity index (χ2n) is 8.76. The Bertz CT molecular complexity index is 877. The molecule has 0 spiro atoms. The van der Waals surface area contributed by atoms with Crippen LogP contribution >= 0.6 is 0 Å². The number of aryl methyl sites for hydroxylation is 1. The highest BCUT2D eigenvalue weighted by atomic mass is 16.5. The zero-order valence-corrected chi connectivity index (χ0v) is 20.4. The van der Waals surface area contributed by atoms with E-state index in [0.717, 1.165) is 23.3 Å². The number of benzene rings is 2. The maximum absolute atomic E-state index is 13.3. The van der Waals surface area contributed by atoms with Gasteiger partial charge in [-0.25, -0.2) is 0 Å². The zero-order valence-electron chi connectivity index (χ0n) is 20.4. The van der Waals surface area contributed by atoms with Crippen LogP contribution in [0.2, 0.25) is 0 Å². The van der Waals surface area contributed by atoms with Gasteiger partial charge in [0.25, 0.3) is 0 Å². The van der Waals surface area contributed by atoms with Crippen LogP contribution in [0.3, 0.4) is 0 Å². The van der Waals surface area contributed by atoms with Crippen LogP contribution in [0.15, 0.2) is 48.5 Å². The number of carbonyl (C=O) groups excluding carboxylic acids is 2. The Kier molecular flexibility index (Phi) is 9.76. The molecule has 0 fully saturated rings. The van der Waals surface area contributed by atoms with Gasteiger partial charge in [0.1, 0.15) is 11.8 Å². The minimum absolute atomic E-state index is 0.0347. The number of nitrogens with one attached hydrogen (secondary N) is 1. The molecular formula is C27H38N2O3.